The molecule has 3 heterocycles. The number of alkyl halides is 3. The largest absolute Gasteiger partial charge is 0.471 e. The molecule has 9 nitrogen and oxygen atoms in total. The van der Waals surface area contributed by atoms with Crippen molar-refractivity contribution in [3.05, 3.63) is 95.1 Å². The standard InChI is InChI=1S/C38H44F3N3O6/c1-24-33(21-43-16-4-10-31(43)23-46)49-36(50-34(24)27-14-12-25(22-45)13-15-27)30-9-3-8-29(19-30)28-7-2-6-26(18-28)20-42-35(47)32-11-5-17-44(32)37(48)38(39,40)41/h2-3,6-9,12-15,18-19,24,31-34,36,45-46H,4-5,10-11,16-17,20-23H2,1H3,(H,42,47)/t24-,31+,32+,33+,34+,36+/m1/s1. The van der Waals surface area contributed by atoms with E-state index >= 15 is 0 Å². The van der Waals surface area contributed by atoms with Crippen molar-refractivity contribution in [1.29, 1.82) is 0 Å². The second-order valence-electron chi connectivity index (χ2n) is 13.5. The Balaban J connectivity index is 1.19. The Morgan fingerprint density at radius 2 is 1.60 bits per heavy atom. The molecule has 3 aliphatic rings. The van der Waals surface area contributed by atoms with Crippen molar-refractivity contribution >= 4 is 11.8 Å². The van der Waals surface area contributed by atoms with Gasteiger partial charge in [0.25, 0.3) is 0 Å². The molecule has 12 heteroatoms. The van der Waals surface area contributed by atoms with Crippen LogP contribution in [0.4, 0.5) is 13.2 Å². The minimum absolute atomic E-state index is 0.00383. The van der Waals surface area contributed by atoms with E-state index in [2.05, 4.69) is 17.1 Å². The molecule has 3 aromatic carbocycles. The zero-order valence-electron chi connectivity index (χ0n) is 28.0. The van der Waals surface area contributed by atoms with Crippen LogP contribution in [-0.2, 0) is 32.2 Å². The molecule has 6 atom stereocenters. The molecule has 0 unspecified atom stereocenters. The predicted octanol–water partition coefficient (Wildman–Crippen LogP) is 5.26. The highest BCUT2D eigenvalue weighted by molar-refractivity contribution is 5.90. The van der Waals surface area contributed by atoms with Crippen LogP contribution in [0.25, 0.3) is 11.1 Å². The molecule has 268 valence electrons. The Morgan fingerprint density at radius 3 is 2.32 bits per heavy atom. The number of carbonyl (C=O) groups is 2. The Kier molecular flexibility index (Phi) is 11.2. The number of carbonyl (C=O) groups excluding carboxylic acids is 2. The van der Waals surface area contributed by atoms with Crippen LogP contribution in [0, 0.1) is 5.92 Å². The smallest absolute Gasteiger partial charge is 0.395 e. The Bertz CT molecular complexity index is 1640. The van der Waals surface area contributed by atoms with Gasteiger partial charge in [0.1, 0.15) is 6.04 Å². The van der Waals surface area contributed by atoms with Crippen LogP contribution >= 0.6 is 0 Å². The number of hydrogen-bond acceptors (Lipinski definition) is 7. The number of nitrogens with zero attached hydrogens (tertiary/aromatic N) is 2. The number of likely N-dealkylation sites (tertiary alicyclic amines) is 2. The average Bonchev–Trinajstić information content (AvgIpc) is 3.81. The van der Waals surface area contributed by atoms with Crippen LogP contribution in [-0.4, -0.2) is 82.4 Å². The lowest BCUT2D eigenvalue weighted by Crippen LogP contribution is -2.50. The van der Waals surface area contributed by atoms with Crippen LogP contribution in [0.2, 0.25) is 0 Å². The summed E-state index contributed by atoms with van der Waals surface area (Å²) in [7, 11) is 0. The highest BCUT2D eigenvalue weighted by Crippen LogP contribution is 2.43. The van der Waals surface area contributed by atoms with Gasteiger partial charge in [0, 0.05) is 37.2 Å². The summed E-state index contributed by atoms with van der Waals surface area (Å²) in [6, 6.07) is 22.1. The van der Waals surface area contributed by atoms with Crippen molar-refractivity contribution in [3.8, 4) is 11.1 Å². The zero-order chi connectivity index (χ0) is 35.4. The SMILES string of the molecule is C[C@@H]1[C@H](CN2CCC[C@H]2CO)O[C@H](c2cccc(-c3cccc(CNC(=O)[C@@H]4CCCN4C(=O)C(F)(F)F)c3)c2)O[C@@H]1c1ccc(CO)cc1. The Morgan fingerprint density at radius 1 is 0.880 bits per heavy atom. The predicted molar refractivity (Wildman–Crippen MR) is 179 cm³/mol. The summed E-state index contributed by atoms with van der Waals surface area (Å²) < 4.78 is 52.5. The number of ether oxygens (including phenoxy) is 2. The third-order valence-corrected chi connectivity index (χ3v) is 10.2. The fourth-order valence-electron chi connectivity index (χ4n) is 7.38. The summed E-state index contributed by atoms with van der Waals surface area (Å²) in [5.74, 6) is -2.59. The fourth-order valence-corrected chi connectivity index (χ4v) is 7.38. The van der Waals surface area contributed by atoms with E-state index in [0.29, 0.717) is 17.9 Å². The number of aliphatic hydroxyl groups excluding tert-OH is 2. The van der Waals surface area contributed by atoms with Crippen molar-refractivity contribution in [2.24, 2.45) is 5.92 Å². The fraction of sp³-hybridized carbons (Fsp3) is 0.474. The van der Waals surface area contributed by atoms with E-state index in [1.807, 2.05) is 72.8 Å². The van der Waals surface area contributed by atoms with Gasteiger partial charge in [-0.2, -0.15) is 13.2 Å². The molecule has 0 aromatic heterocycles. The van der Waals surface area contributed by atoms with Crippen LogP contribution in [0.1, 0.15) is 67.3 Å². The molecular formula is C38H44F3N3O6. The van der Waals surface area contributed by atoms with Gasteiger partial charge in [0.15, 0.2) is 6.29 Å². The van der Waals surface area contributed by atoms with Gasteiger partial charge >= 0.3 is 12.1 Å². The van der Waals surface area contributed by atoms with Gasteiger partial charge in [-0.3, -0.25) is 14.5 Å². The maximum atomic E-state index is 13.1. The molecule has 3 saturated heterocycles. The van der Waals surface area contributed by atoms with Crippen molar-refractivity contribution in [3.63, 3.8) is 0 Å². The normalized spacial score (nSPS) is 25.9. The van der Waals surface area contributed by atoms with E-state index in [4.69, 9.17) is 9.47 Å². The lowest BCUT2D eigenvalue weighted by molar-refractivity contribution is -0.276. The average molecular weight is 696 g/mol. The van der Waals surface area contributed by atoms with Crippen molar-refractivity contribution in [2.45, 2.75) is 82.5 Å². The van der Waals surface area contributed by atoms with Gasteiger partial charge in [-0.1, -0.05) is 67.6 Å². The Labute approximate surface area is 290 Å². The number of nitrogens with one attached hydrogen (secondary N) is 1. The molecule has 6 rings (SSSR count). The monoisotopic (exact) mass is 695 g/mol. The number of rotatable bonds is 10. The van der Waals surface area contributed by atoms with E-state index in [-0.39, 0.29) is 56.9 Å². The van der Waals surface area contributed by atoms with E-state index < -0.39 is 30.3 Å². The molecule has 2 amide bonds. The summed E-state index contributed by atoms with van der Waals surface area (Å²) in [4.78, 5) is 27.6. The molecule has 0 aliphatic carbocycles. The summed E-state index contributed by atoms with van der Waals surface area (Å²) >= 11 is 0. The third kappa shape index (κ3) is 8.05. The van der Waals surface area contributed by atoms with Crippen LogP contribution in [0.3, 0.4) is 0 Å². The number of amides is 2. The van der Waals surface area contributed by atoms with Gasteiger partial charge in [0.05, 0.1) is 25.4 Å². The van der Waals surface area contributed by atoms with Gasteiger partial charge in [-0.25, -0.2) is 0 Å². The van der Waals surface area contributed by atoms with Crippen LogP contribution < -0.4 is 5.32 Å². The first-order valence-corrected chi connectivity index (χ1v) is 17.3. The summed E-state index contributed by atoms with van der Waals surface area (Å²) in [6.07, 6.45) is -3.67. The molecule has 0 spiro atoms. The topological polar surface area (TPSA) is 112 Å². The Hall–Kier alpha value is -3.81. The minimum atomic E-state index is -5.03. The van der Waals surface area contributed by atoms with Gasteiger partial charge in [-0.05, 0) is 72.2 Å². The molecule has 0 radical (unpaired) electrons. The lowest BCUT2D eigenvalue weighted by atomic mass is 9.89. The van der Waals surface area contributed by atoms with Gasteiger partial charge < -0.3 is 29.9 Å². The van der Waals surface area contributed by atoms with E-state index in [9.17, 15) is 33.0 Å². The van der Waals surface area contributed by atoms with Crippen molar-refractivity contribution in [2.75, 3.05) is 26.2 Å². The lowest BCUT2D eigenvalue weighted by Gasteiger charge is -2.43. The summed E-state index contributed by atoms with van der Waals surface area (Å²) in [5, 5.41) is 22.3. The first-order chi connectivity index (χ1) is 24.0. The molecule has 3 aliphatic heterocycles. The molecule has 3 N–H and O–H groups in total. The zero-order valence-corrected chi connectivity index (χ0v) is 28.0. The number of benzene rings is 3. The molecule has 0 bridgehead atoms. The summed E-state index contributed by atoms with van der Waals surface area (Å²) in [6.45, 7) is 3.73. The number of hydrogen-bond donors (Lipinski definition) is 3. The van der Waals surface area contributed by atoms with Gasteiger partial charge in [-0.15, -0.1) is 0 Å². The maximum Gasteiger partial charge on any atom is 0.471 e. The van der Waals surface area contributed by atoms with Crippen LogP contribution in [0.5, 0.6) is 0 Å². The number of halogens is 3. The first-order valence-electron chi connectivity index (χ1n) is 17.3. The van der Waals surface area contributed by atoms with E-state index in [1.165, 1.54) is 0 Å². The molecule has 0 saturated carbocycles. The number of aliphatic hydroxyl groups is 2. The minimum Gasteiger partial charge on any atom is -0.395 e. The van der Waals surface area contributed by atoms with E-state index in [0.717, 1.165) is 52.8 Å². The second kappa shape index (κ2) is 15.6. The summed E-state index contributed by atoms with van der Waals surface area (Å²) in [5.41, 5.74) is 5.14. The molecule has 3 aromatic rings. The van der Waals surface area contributed by atoms with Crippen molar-refractivity contribution in [1.82, 2.24) is 15.1 Å². The third-order valence-electron chi connectivity index (χ3n) is 10.2. The highest BCUT2D eigenvalue weighted by atomic mass is 19.4. The molecule has 50 heavy (non-hydrogen) atoms. The molecule has 3 fully saturated rings. The second-order valence-corrected chi connectivity index (χ2v) is 13.5. The van der Waals surface area contributed by atoms with Crippen molar-refractivity contribution < 1.29 is 42.4 Å². The maximum absolute atomic E-state index is 13.1. The van der Waals surface area contributed by atoms with Crippen LogP contribution in [0.15, 0.2) is 72.8 Å². The van der Waals surface area contributed by atoms with Gasteiger partial charge in [0.2, 0.25) is 5.91 Å². The first kappa shape index (κ1) is 36.0. The quantitative estimate of drug-likeness (QED) is 0.265. The highest BCUT2D eigenvalue weighted by Gasteiger charge is 2.47. The van der Waals surface area contributed by atoms with E-state index in [1.54, 1.807) is 0 Å². The molecular weight excluding hydrogens is 651 g/mol.